The molecule has 0 saturated carbocycles. The molecule has 4 nitrogen and oxygen atoms in total. The normalized spacial score (nSPS) is 25.4. The quantitative estimate of drug-likeness (QED) is 0.894. The summed E-state index contributed by atoms with van der Waals surface area (Å²) >= 11 is 1.83. The van der Waals surface area contributed by atoms with E-state index >= 15 is 0 Å². The molecule has 2 aliphatic rings. The lowest BCUT2D eigenvalue weighted by Gasteiger charge is -2.34. The predicted molar refractivity (Wildman–Crippen MR) is 88.0 cm³/mol. The van der Waals surface area contributed by atoms with Crippen LogP contribution in [0.1, 0.15) is 30.2 Å². The van der Waals surface area contributed by atoms with E-state index in [2.05, 4.69) is 40.4 Å². The van der Waals surface area contributed by atoms with E-state index < -0.39 is 0 Å². The Labute approximate surface area is 129 Å². The van der Waals surface area contributed by atoms with E-state index in [4.69, 9.17) is 5.10 Å². The molecule has 0 aromatic carbocycles. The third-order valence-electron chi connectivity index (χ3n) is 4.67. The second kappa shape index (κ2) is 5.46. The highest BCUT2D eigenvalue weighted by Gasteiger charge is 2.30. The molecule has 1 saturated heterocycles. The van der Waals surface area contributed by atoms with Crippen LogP contribution in [0.2, 0.25) is 0 Å². The molecule has 2 unspecified atom stereocenters. The maximum Gasteiger partial charge on any atom is 0.125 e. The van der Waals surface area contributed by atoms with Gasteiger partial charge in [-0.15, -0.1) is 11.3 Å². The van der Waals surface area contributed by atoms with Gasteiger partial charge in [0, 0.05) is 17.5 Å². The van der Waals surface area contributed by atoms with Crippen LogP contribution < -0.4 is 10.6 Å². The number of fused-ring (bicyclic) bond motifs is 1. The van der Waals surface area contributed by atoms with Crippen molar-refractivity contribution < 1.29 is 0 Å². The van der Waals surface area contributed by atoms with Crippen LogP contribution in [0.25, 0.3) is 10.6 Å². The molecule has 2 aromatic rings. The third-order valence-corrected chi connectivity index (χ3v) is 5.69. The zero-order chi connectivity index (χ0) is 14.2. The van der Waals surface area contributed by atoms with Gasteiger partial charge in [-0.2, -0.15) is 5.10 Å². The van der Waals surface area contributed by atoms with Crippen molar-refractivity contribution >= 4 is 17.2 Å². The Balaban J connectivity index is 1.66. The predicted octanol–water partition coefficient (Wildman–Crippen LogP) is 3.28. The first-order valence-electron chi connectivity index (χ1n) is 7.92. The molecule has 4 rings (SSSR count). The van der Waals surface area contributed by atoms with Gasteiger partial charge in [-0.3, -0.25) is 0 Å². The van der Waals surface area contributed by atoms with Crippen molar-refractivity contribution in [3.8, 4) is 10.6 Å². The summed E-state index contributed by atoms with van der Waals surface area (Å²) < 4.78 is 2.26. The molecule has 2 aromatic heterocycles. The second-order valence-electron chi connectivity index (χ2n) is 6.16. The molecule has 1 fully saturated rings. The summed E-state index contributed by atoms with van der Waals surface area (Å²) in [5.74, 6) is 1.91. The maximum absolute atomic E-state index is 4.93. The molecule has 0 bridgehead atoms. The number of anilines is 1. The zero-order valence-corrected chi connectivity index (χ0v) is 13.2. The van der Waals surface area contributed by atoms with Crippen molar-refractivity contribution in [3.63, 3.8) is 0 Å². The lowest BCUT2D eigenvalue weighted by molar-refractivity contribution is 0.236. The number of thiophene rings is 1. The van der Waals surface area contributed by atoms with Gasteiger partial charge in [0.25, 0.3) is 0 Å². The lowest BCUT2D eigenvalue weighted by Crippen LogP contribution is -2.38. The fraction of sp³-hybridized carbons (Fsp3) is 0.562. The van der Waals surface area contributed by atoms with Crippen LogP contribution in [-0.4, -0.2) is 29.4 Å². The number of rotatable bonds is 2. The van der Waals surface area contributed by atoms with Gasteiger partial charge >= 0.3 is 0 Å². The Morgan fingerprint density at radius 1 is 1.29 bits per heavy atom. The third kappa shape index (κ3) is 2.49. The highest BCUT2D eigenvalue weighted by Crippen LogP contribution is 2.36. The van der Waals surface area contributed by atoms with E-state index in [1.807, 2.05) is 11.3 Å². The number of nitrogens with zero attached hydrogens (tertiary/aromatic N) is 2. The molecule has 0 aliphatic carbocycles. The minimum Gasteiger partial charge on any atom is -0.370 e. The van der Waals surface area contributed by atoms with E-state index in [-0.39, 0.29) is 0 Å². The topological polar surface area (TPSA) is 41.9 Å². The molecule has 0 radical (unpaired) electrons. The molecule has 2 N–H and O–H groups in total. The van der Waals surface area contributed by atoms with Gasteiger partial charge in [0.1, 0.15) is 11.5 Å². The average Bonchev–Trinajstić information content (AvgIpc) is 3.13. The minimum atomic E-state index is 0.545. The first-order chi connectivity index (χ1) is 10.3. The fourth-order valence-electron chi connectivity index (χ4n) is 3.58. The molecule has 2 atom stereocenters. The molecule has 4 heterocycles. The lowest BCUT2D eigenvalue weighted by atomic mass is 9.89. The monoisotopic (exact) mass is 302 g/mol. The molecule has 2 aliphatic heterocycles. The Bertz CT molecular complexity index is 624. The van der Waals surface area contributed by atoms with E-state index in [1.54, 1.807) is 0 Å². The van der Waals surface area contributed by atoms with E-state index in [0.717, 1.165) is 24.7 Å². The van der Waals surface area contributed by atoms with Gasteiger partial charge < -0.3 is 10.6 Å². The fourth-order valence-corrected chi connectivity index (χ4v) is 4.41. The summed E-state index contributed by atoms with van der Waals surface area (Å²) in [6.45, 7) is 5.53. The maximum atomic E-state index is 4.93. The Hall–Kier alpha value is -1.33. The summed E-state index contributed by atoms with van der Waals surface area (Å²) in [5.41, 5.74) is 1.12. The molecule has 21 heavy (non-hydrogen) atoms. The van der Waals surface area contributed by atoms with E-state index in [9.17, 15) is 0 Å². The molecular formula is C16H22N4S. The molecule has 0 amide bonds. The van der Waals surface area contributed by atoms with Crippen molar-refractivity contribution in [2.45, 2.75) is 32.2 Å². The average molecular weight is 302 g/mol. The van der Waals surface area contributed by atoms with Gasteiger partial charge in [-0.1, -0.05) is 0 Å². The molecular weight excluding hydrogens is 280 g/mol. The number of hydrogen-bond acceptors (Lipinski definition) is 4. The largest absolute Gasteiger partial charge is 0.370 e. The number of hydrogen-bond donors (Lipinski definition) is 2. The van der Waals surface area contributed by atoms with Gasteiger partial charge in [0.15, 0.2) is 0 Å². The molecule has 0 spiro atoms. The van der Waals surface area contributed by atoms with Crippen LogP contribution in [0.15, 0.2) is 18.2 Å². The van der Waals surface area contributed by atoms with Crippen molar-refractivity contribution in [1.82, 2.24) is 15.1 Å². The summed E-state index contributed by atoms with van der Waals surface area (Å²) in [4.78, 5) is 2.62. The highest BCUT2D eigenvalue weighted by molar-refractivity contribution is 7.15. The Morgan fingerprint density at radius 2 is 2.24 bits per heavy atom. The number of aromatic nitrogens is 2. The molecule has 112 valence electrons. The van der Waals surface area contributed by atoms with Crippen LogP contribution in [-0.2, 0) is 0 Å². The first-order valence-corrected chi connectivity index (χ1v) is 8.74. The van der Waals surface area contributed by atoms with Gasteiger partial charge in [-0.05, 0) is 57.3 Å². The highest BCUT2D eigenvalue weighted by atomic mass is 32.1. The number of nitrogens with one attached hydrogen (secondary N) is 2. The van der Waals surface area contributed by atoms with Gasteiger partial charge in [-0.25, -0.2) is 4.68 Å². The Morgan fingerprint density at radius 3 is 3.00 bits per heavy atom. The van der Waals surface area contributed by atoms with Crippen LogP contribution in [0, 0.1) is 12.8 Å². The van der Waals surface area contributed by atoms with Crippen LogP contribution in [0.4, 0.5) is 5.82 Å². The van der Waals surface area contributed by atoms with Crippen molar-refractivity contribution in [2.24, 2.45) is 5.92 Å². The summed E-state index contributed by atoms with van der Waals surface area (Å²) in [6.07, 6.45) is 3.80. The van der Waals surface area contributed by atoms with Crippen LogP contribution in [0.3, 0.4) is 0 Å². The minimum absolute atomic E-state index is 0.545. The van der Waals surface area contributed by atoms with Crippen molar-refractivity contribution in [2.75, 3.05) is 25.0 Å². The summed E-state index contributed by atoms with van der Waals surface area (Å²) in [5, 5.41) is 12.0. The van der Waals surface area contributed by atoms with Gasteiger partial charge in [0.2, 0.25) is 0 Å². The smallest absolute Gasteiger partial charge is 0.125 e. The standard InChI is InChI=1S/C16H22N4S/c1-11-4-5-15(21-11)13-9-16-18-8-6-14(20(16)19-13)12-3-2-7-17-10-12/h4-5,9,12,14,17-18H,2-3,6-8,10H2,1H3. The summed E-state index contributed by atoms with van der Waals surface area (Å²) in [7, 11) is 0. The zero-order valence-electron chi connectivity index (χ0n) is 12.4. The number of aryl methyl sites for hydroxylation is 1. The summed E-state index contributed by atoms with van der Waals surface area (Å²) in [6, 6.07) is 7.12. The van der Waals surface area contributed by atoms with E-state index in [0.29, 0.717) is 6.04 Å². The second-order valence-corrected chi connectivity index (χ2v) is 7.45. The SMILES string of the molecule is Cc1ccc(-c2cc3n(n2)C(C2CCCNC2)CCN3)s1. The van der Waals surface area contributed by atoms with Gasteiger partial charge in [0.05, 0.1) is 10.9 Å². The van der Waals surface area contributed by atoms with Crippen molar-refractivity contribution in [1.29, 1.82) is 0 Å². The number of piperidine rings is 1. The van der Waals surface area contributed by atoms with Crippen LogP contribution >= 0.6 is 11.3 Å². The van der Waals surface area contributed by atoms with Crippen LogP contribution in [0.5, 0.6) is 0 Å². The van der Waals surface area contributed by atoms with E-state index in [1.165, 1.54) is 41.4 Å². The Kier molecular flexibility index (Phi) is 3.47. The molecule has 5 heteroatoms. The first kappa shape index (κ1) is 13.3. The van der Waals surface area contributed by atoms with Crippen molar-refractivity contribution in [3.05, 3.63) is 23.1 Å².